The van der Waals surface area contributed by atoms with Crippen molar-refractivity contribution in [2.24, 2.45) is 0 Å². The molecule has 5 heteroatoms. The first-order chi connectivity index (χ1) is 56.3. The average molecular weight is 1290 g/mol. The third-order valence-electron chi connectivity index (χ3n) is 20.4. The molecule has 0 saturated heterocycles. The van der Waals surface area contributed by atoms with E-state index >= 15 is 0 Å². The molecule has 3 aliphatic rings. The van der Waals surface area contributed by atoms with E-state index in [1.165, 1.54) is 30.3 Å². The van der Waals surface area contributed by atoms with Crippen molar-refractivity contribution in [3.63, 3.8) is 0 Å². The zero-order chi connectivity index (χ0) is 88.8. The standard InChI is InChI=1S/C92H90N4O/c1-56-23-21-24-57(2)84(56)61-46-71(58-31-34-62(35-32-58)87(3,4)5)85-75(47-61)73-54-79-78(91(13,14)42-43-92(79,15)16)53-72(73)67-27-17-18-28-68(67)74-45-60(59-33-38-76-77(48-59)90(11,12)41-40-89(76,9)10)49-82-86(74)95(85)55-94(82)64-25-22-26-65(51-64)97-66-36-37-70-69-29-19-20-30-80(69)96(81(70)52-66)83-50-63(39-44-93-83)88(6,7)8/h17-39,44-54H,40-43H2,1-16H3/i1D3,2D3,9D3,10D3,11D3,12D3,33D,38D,40D2,41D2,48D. The van der Waals surface area contributed by atoms with E-state index < -0.39 is 110 Å². The molecule has 2 aliphatic carbocycles. The van der Waals surface area contributed by atoms with Crippen molar-refractivity contribution in [2.45, 2.75) is 168 Å². The van der Waals surface area contributed by atoms with E-state index in [4.69, 9.17) is 26.2 Å². The highest BCUT2D eigenvalue weighted by atomic mass is 16.5. The maximum absolute atomic E-state index is 10.7. The molecule has 484 valence electrons. The van der Waals surface area contributed by atoms with Gasteiger partial charge in [0.05, 0.1) is 37.6 Å². The highest BCUT2D eigenvalue weighted by Gasteiger charge is 2.41. The fourth-order valence-corrected chi connectivity index (χ4v) is 14.9. The number of nitrogens with zero attached hydrogens (tertiary/aromatic N) is 4. The Hall–Kier alpha value is -9.58. The van der Waals surface area contributed by atoms with Gasteiger partial charge < -0.3 is 4.74 Å². The minimum Gasteiger partial charge on any atom is -0.458 e. The number of aromatic nitrogens is 4. The fraction of sp³-hybridized carbons (Fsp3) is 0.283. The first kappa shape index (κ1) is 40.2. The van der Waals surface area contributed by atoms with Gasteiger partial charge in [-0.25, -0.2) is 4.98 Å². The summed E-state index contributed by atoms with van der Waals surface area (Å²) < 4.78 is 248. The van der Waals surface area contributed by atoms with Gasteiger partial charge in [-0.1, -0.05) is 218 Å². The van der Waals surface area contributed by atoms with Crippen LogP contribution in [0.3, 0.4) is 0 Å². The molecule has 97 heavy (non-hydrogen) atoms. The van der Waals surface area contributed by atoms with Crippen LogP contribution < -0.4 is 9.30 Å². The maximum Gasteiger partial charge on any atom is 0.269 e. The number of imidazole rings is 1. The summed E-state index contributed by atoms with van der Waals surface area (Å²) in [5, 5.41) is 1.87. The van der Waals surface area contributed by atoms with Crippen LogP contribution in [0.4, 0.5) is 0 Å². The van der Waals surface area contributed by atoms with Crippen LogP contribution in [0.15, 0.2) is 206 Å². The quantitative estimate of drug-likeness (QED) is 0.118. The van der Waals surface area contributed by atoms with E-state index in [2.05, 4.69) is 98.3 Å². The van der Waals surface area contributed by atoms with E-state index in [9.17, 15) is 17.8 Å². The van der Waals surface area contributed by atoms with Gasteiger partial charge in [0.25, 0.3) is 6.33 Å². The SMILES string of the molecule is [2H]c1c([2H])c2c(c([2H])c1-c1cc3c4c(c1)n(-c1cccc(Oc5ccc6c7ccccc7n(-c7cc(C(C)(C)C)ccn7)c6c5)c1)[c-][n+]4-c1c(-c4ccc(C(C)(C)C)cc4)cc(-c4c(C([2H])([2H])[2H])cccc4C([2H])([2H])[2H])cc1-c1cc4c(cc1-c1ccccc1-3)C(C)(C)CCC4(C)C)C(C([2H])([2H])[2H])(C([2H])([2H])[2H])C([2H])([2H])C([2H])([2H])C2(C([2H])([2H])[2H])C([2H])([2H])[2H]. The molecule has 5 nitrogen and oxygen atoms in total. The molecule has 0 amide bonds. The highest BCUT2D eigenvalue weighted by Crippen LogP contribution is 2.55. The Morgan fingerprint density at radius 3 is 1.82 bits per heavy atom. The molecule has 0 unspecified atom stereocenters. The van der Waals surface area contributed by atoms with Gasteiger partial charge in [0.1, 0.15) is 17.3 Å². The number of pyridine rings is 1. The highest BCUT2D eigenvalue weighted by molar-refractivity contribution is 6.10. The Balaban J connectivity index is 1.10. The van der Waals surface area contributed by atoms with Crippen LogP contribution in [0.2, 0.25) is 0 Å². The molecule has 1 aliphatic heterocycles. The summed E-state index contributed by atoms with van der Waals surface area (Å²) in [6.45, 7) is -1.79. The first-order valence-corrected chi connectivity index (χ1v) is 33.1. The van der Waals surface area contributed by atoms with Crippen molar-refractivity contribution in [1.82, 2.24) is 14.1 Å². The topological polar surface area (TPSA) is 35.9 Å². The van der Waals surface area contributed by atoms with Gasteiger partial charge in [0.2, 0.25) is 0 Å². The van der Waals surface area contributed by atoms with Crippen molar-refractivity contribution >= 4 is 32.8 Å². The molecule has 0 saturated carbocycles. The van der Waals surface area contributed by atoms with E-state index in [1.54, 1.807) is 47.2 Å². The number of hydrogen-bond acceptors (Lipinski definition) is 2. The van der Waals surface area contributed by atoms with Gasteiger partial charge in [-0.2, -0.15) is 0 Å². The van der Waals surface area contributed by atoms with Crippen molar-refractivity contribution < 1.29 is 43.6 Å². The largest absolute Gasteiger partial charge is 0.458 e. The molecule has 16 rings (SSSR count). The van der Waals surface area contributed by atoms with Crippen LogP contribution in [-0.2, 0) is 32.5 Å². The summed E-state index contributed by atoms with van der Waals surface area (Å²) in [5.41, 5.74) is -4.39. The van der Waals surface area contributed by atoms with Crippen molar-refractivity contribution in [3.05, 3.63) is 257 Å². The molecule has 13 aromatic rings. The summed E-state index contributed by atoms with van der Waals surface area (Å²) in [4.78, 5) is 4.90. The predicted molar refractivity (Wildman–Crippen MR) is 406 cm³/mol. The smallest absolute Gasteiger partial charge is 0.269 e. The Bertz CT molecular complexity index is 6470. The number of fused-ring (bicyclic) bond motifs is 12. The molecule has 0 atom stereocenters. The number of para-hydroxylation sites is 1. The van der Waals surface area contributed by atoms with Crippen molar-refractivity contribution in [2.75, 3.05) is 0 Å². The lowest BCUT2D eigenvalue weighted by molar-refractivity contribution is -0.570. The van der Waals surface area contributed by atoms with Gasteiger partial charge >= 0.3 is 0 Å². The Labute approximate surface area is 609 Å². The van der Waals surface area contributed by atoms with Crippen LogP contribution in [0.5, 0.6) is 11.5 Å². The summed E-state index contributed by atoms with van der Waals surface area (Å²) in [6.07, 6.45) is -2.12. The zero-order valence-corrected chi connectivity index (χ0v) is 56.0. The second kappa shape index (κ2) is 22.0. The molecule has 4 heterocycles. The summed E-state index contributed by atoms with van der Waals surface area (Å²) in [6, 6.07) is 51.1. The van der Waals surface area contributed by atoms with Gasteiger partial charge in [0, 0.05) is 53.2 Å². The average Bonchev–Trinajstić information content (AvgIpc) is 0.689. The molecule has 0 radical (unpaired) electrons. The van der Waals surface area contributed by atoms with Gasteiger partial charge in [-0.15, -0.1) is 0 Å². The van der Waals surface area contributed by atoms with Crippen LogP contribution in [-0.4, -0.2) is 14.1 Å². The summed E-state index contributed by atoms with van der Waals surface area (Å²) >= 11 is 0. The summed E-state index contributed by atoms with van der Waals surface area (Å²) in [5.74, 6) is 1.35. The molecule has 3 aromatic heterocycles. The molecule has 0 spiro atoms. The minimum absolute atomic E-state index is 0.0499. The Morgan fingerprint density at radius 1 is 0.495 bits per heavy atom. The second-order valence-electron chi connectivity index (χ2n) is 29.9. The van der Waals surface area contributed by atoms with Gasteiger partial charge in [-0.3, -0.25) is 13.7 Å². The fourth-order valence-electron chi connectivity index (χ4n) is 14.9. The Kier molecular flexibility index (Phi) is 9.11. The number of rotatable bonds is 7. The normalized spacial score (nSPS) is 21.4. The van der Waals surface area contributed by atoms with Crippen molar-refractivity contribution in [3.8, 4) is 95.5 Å². The zero-order valence-electron chi connectivity index (χ0n) is 81.0. The maximum atomic E-state index is 10.7. The number of hydrogen-bond donors (Lipinski definition) is 0. The number of benzene rings is 10. The predicted octanol–water partition coefficient (Wildman–Crippen LogP) is 24.2. The third-order valence-corrected chi connectivity index (χ3v) is 20.4. The van der Waals surface area contributed by atoms with E-state index in [0.29, 0.717) is 61.9 Å². The monoisotopic (exact) mass is 1290 g/mol. The van der Waals surface area contributed by atoms with Gasteiger partial charge in [0.15, 0.2) is 0 Å². The molecule has 0 N–H and O–H groups in total. The van der Waals surface area contributed by atoms with E-state index in [1.807, 2.05) is 102 Å². The lowest BCUT2D eigenvalue weighted by Crippen LogP contribution is -2.34. The summed E-state index contributed by atoms with van der Waals surface area (Å²) in [7, 11) is 0. The lowest BCUT2D eigenvalue weighted by Gasteiger charge is -2.42. The molecular weight excluding hydrogens is 1180 g/mol. The van der Waals surface area contributed by atoms with E-state index in [0.717, 1.165) is 56.9 Å². The lowest BCUT2D eigenvalue weighted by atomic mass is 9.62. The Morgan fingerprint density at radius 2 is 1.12 bits per heavy atom. The number of ether oxygens (including phenoxy) is 1. The second-order valence-corrected chi connectivity index (χ2v) is 29.9. The molecule has 0 bridgehead atoms. The molecule has 0 fully saturated rings. The molecule has 10 aromatic carbocycles. The van der Waals surface area contributed by atoms with Crippen molar-refractivity contribution in [1.29, 1.82) is 0 Å². The van der Waals surface area contributed by atoms with E-state index in [-0.39, 0.29) is 61.0 Å². The van der Waals surface area contributed by atoms with Crippen LogP contribution in [0.1, 0.15) is 201 Å². The van der Waals surface area contributed by atoms with Crippen LogP contribution >= 0.6 is 0 Å². The van der Waals surface area contributed by atoms with Crippen LogP contribution in [0, 0.1) is 20.0 Å². The number of aryl methyl sites for hydroxylation is 2. The van der Waals surface area contributed by atoms with Crippen LogP contribution in [0.25, 0.3) is 117 Å². The molecular formula is C92H90N4O. The first-order valence-electron chi connectivity index (χ1n) is 45.6. The third kappa shape index (κ3) is 10.3. The minimum atomic E-state index is -4.61. The van der Waals surface area contributed by atoms with Gasteiger partial charge in [-0.05, 0) is 256 Å².